The summed E-state index contributed by atoms with van der Waals surface area (Å²) in [6, 6.07) is 0. The Morgan fingerprint density at radius 1 is 1.43 bits per heavy atom. The summed E-state index contributed by atoms with van der Waals surface area (Å²) in [7, 11) is 7.54. The minimum atomic E-state index is -0.0681. The lowest BCUT2D eigenvalue weighted by atomic mass is 10.6. The molecule has 0 aliphatic rings. The second-order valence-corrected chi connectivity index (χ2v) is 5.76. The number of rotatable bonds is 7. The molecule has 0 heterocycles. The van der Waals surface area contributed by atoms with Crippen LogP contribution in [0.4, 0.5) is 0 Å². The van der Waals surface area contributed by atoms with Crippen molar-refractivity contribution in [3.05, 3.63) is 12.7 Å². The first-order valence-corrected chi connectivity index (χ1v) is 6.28. The van der Waals surface area contributed by atoms with Gasteiger partial charge < -0.3 is 9.80 Å². The zero-order valence-electron chi connectivity index (χ0n) is 9.47. The number of hydrogen-bond donors (Lipinski definition) is 1. The molecule has 0 aromatic rings. The zero-order chi connectivity index (χ0) is 11.0. The molecule has 0 aliphatic heterocycles. The lowest BCUT2D eigenvalue weighted by Crippen LogP contribution is -2.36. The van der Waals surface area contributed by atoms with E-state index in [9.17, 15) is 4.79 Å². The third-order valence-corrected chi connectivity index (χ3v) is 2.93. The first-order valence-electron chi connectivity index (χ1n) is 4.87. The molecule has 0 saturated heterocycles. The maximum atomic E-state index is 10.8. The minimum absolute atomic E-state index is 0.0681. The van der Waals surface area contributed by atoms with E-state index in [-0.39, 0.29) is 5.91 Å². The Morgan fingerprint density at radius 2 is 2.07 bits per heavy atom. The summed E-state index contributed by atoms with van der Waals surface area (Å²) in [5, 5.41) is 2.77. The molecule has 0 bridgehead atoms. The van der Waals surface area contributed by atoms with Crippen LogP contribution in [0, 0.1) is 0 Å². The molecule has 0 radical (unpaired) electrons. The van der Waals surface area contributed by atoms with Crippen molar-refractivity contribution in [2.75, 3.05) is 46.6 Å². The van der Waals surface area contributed by atoms with Crippen molar-refractivity contribution in [2.24, 2.45) is 0 Å². The van der Waals surface area contributed by atoms with Gasteiger partial charge in [0, 0.05) is 12.7 Å². The van der Waals surface area contributed by atoms with Crippen molar-refractivity contribution in [2.45, 2.75) is 0 Å². The molecule has 1 amide bonds. The number of quaternary nitrogens is 1. The normalized spacial score (nSPS) is 11.9. The summed E-state index contributed by atoms with van der Waals surface area (Å²) in [4.78, 5) is 10.8. The molecule has 0 saturated carbocycles. The van der Waals surface area contributed by atoms with Crippen molar-refractivity contribution in [3.63, 3.8) is 0 Å². The summed E-state index contributed by atoms with van der Waals surface area (Å²) in [6.07, 6.45) is 3.64. The Bertz CT molecular complexity index is 187. The summed E-state index contributed by atoms with van der Waals surface area (Å²) in [5.41, 5.74) is 0. The van der Waals surface area contributed by atoms with Crippen molar-refractivity contribution in [3.8, 4) is 0 Å². The van der Waals surface area contributed by atoms with Gasteiger partial charge in [-0.1, -0.05) is 6.58 Å². The van der Waals surface area contributed by atoms with Gasteiger partial charge >= 0.3 is 0 Å². The molecule has 1 atom stereocenters. The van der Waals surface area contributed by atoms with E-state index < -0.39 is 0 Å². The maximum Gasteiger partial charge on any atom is 0.243 e. The van der Waals surface area contributed by atoms with Crippen LogP contribution in [-0.2, 0) is 4.79 Å². The summed E-state index contributed by atoms with van der Waals surface area (Å²) >= 11 is 0. The highest BCUT2D eigenvalue weighted by Gasteiger charge is 2.04. The first-order chi connectivity index (χ1) is 6.45. The number of carbonyl (C=O) groups is 1. The third-order valence-electron chi connectivity index (χ3n) is 1.75. The first kappa shape index (κ1) is 13.6. The molecule has 0 spiro atoms. The fraction of sp³-hybridized carbons (Fsp3) is 0.700. The number of hydrogen-bond acceptors (Lipinski definition) is 1. The van der Waals surface area contributed by atoms with Gasteiger partial charge in [-0.3, -0.25) is 4.79 Å². The van der Waals surface area contributed by atoms with Gasteiger partial charge in [0.15, 0.2) is 0 Å². The Labute approximate surface area is 88.9 Å². The topological polar surface area (TPSA) is 29.1 Å². The average Bonchev–Trinajstić information content (AvgIpc) is 2.08. The summed E-state index contributed by atoms with van der Waals surface area (Å²) in [5.74, 6) is -0.0681. The van der Waals surface area contributed by atoms with Gasteiger partial charge in [-0.15, -0.1) is 8.58 Å². The van der Waals surface area contributed by atoms with Crippen LogP contribution in [0.1, 0.15) is 0 Å². The Morgan fingerprint density at radius 3 is 2.57 bits per heavy atom. The number of amides is 1. The van der Waals surface area contributed by atoms with Gasteiger partial charge in [0.2, 0.25) is 5.91 Å². The lowest BCUT2D eigenvalue weighted by Gasteiger charge is -2.23. The molecule has 82 valence electrons. The van der Waals surface area contributed by atoms with Gasteiger partial charge in [0.05, 0.1) is 27.7 Å². The van der Waals surface area contributed by atoms with Gasteiger partial charge in [-0.25, -0.2) is 0 Å². The Hall–Kier alpha value is -0.400. The smallest absolute Gasteiger partial charge is 0.243 e. The number of nitrogens with zero attached hydrogens (tertiary/aromatic N) is 1. The van der Waals surface area contributed by atoms with E-state index in [4.69, 9.17) is 0 Å². The fourth-order valence-electron chi connectivity index (χ4n) is 0.886. The van der Waals surface area contributed by atoms with Crippen LogP contribution in [0.2, 0.25) is 0 Å². The van der Waals surface area contributed by atoms with Crippen LogP contribution in [0.25, 0.3) is 0 Å². The molecule has 0 aromatic heterocycles. The average molecular weight is 217 g/mol. The molecule has 0 aliphatic carbocycles. The van der Waals surface area contributed by atoms with Crippen molar-refractivity contribution >= 4 is 14.5 Å². The van der Waals surface area contributed by atoms with Crippen molar-refractivity contribution in [1.29, 1.82) is 0 Å². The van der Waals surface area contributed by atoms with E-state index in [0.29, 0.717) is 0 Å². The minimum Gasteiger partial charge on any atom is -0.352 e. The second-order valence-electron chi connectivity index (χ2n) is 4.26. The molecule has 14 heavy (non-hydrogen) atoms. The molecule has 1 N–H and O–H groups in total. The molecule has 0 rings (SSSR count). The number of nitrogens with one attached hydrogen (secondary N) is 1. The van der Waals surface area contributed by atoms with Crippen LogP contribution in [0.5, 0.6) is 0 Å². The van der Waals surface area contributed by atoms with Crippen LogP contribution >= 0.6 is 8.58 Å². The fourth-order valence-corrected chi connectivity index (χ4v) is 2.27. The van der Waals surface area contributed by atoms with Crippen molar-refractivity contribution in [1.82, 2.24) is 5.32 Å². The van der Waals surface area contributed by atoms with Crippen LogP contribution in [0.3, 0.4) is 0 Å². The molecule has 0 aromatic carbocycles. The van der Waals surface area contributed by atoms with Crippen LogP contribution < -0.4 is 5.32 Å². The highest BCUT2D eigenvalue weighted by Crippen LogP contribution is 2.09. The Kier molecular flexibility index (Phi) is 6.77. The van der Waals surface area contributed by atoms with Gasteiger partial charge in [-0.05, 0) is 12.2 Å². The van der Waals surface area contributed by atoms with Crippen LogP contribution in [-0.4, -0.2) is 56.9 Å². The molecule has 4 heteroatoms. The monoisotopic (exact) mass is 217 g/mol. The van der Waals surface area contributed by atoms with Gasteiger partial charge in [0.25, 0.3) is 0 Å². The second kappa shape index (κ2) is 6.97. The Balaban J connectivity index is 3.22. The largest absolute Gasteiger partial charge is 0.352 e. The molecule has 3 nitrogen and oxygen atoms in total. The van der Waals surface area contributed by atoms with E-state index in [0.717, 1.165) is 25.8 Å². The van der Waals surface area contributed by atoms with Crippen molar-refractivity contribution < 1.29 is 9.28 Å². The third kappa shape index (κ3) is 9.69. The molecule has 1 unspecified atom stereocenters. The predicted molar refractivity (Wildman–Crippen MR) is 64.2 cm³/mol. The lowest BCUT2D eigenvalue weighted by molar-refractivity contribution is -0.867. The molecular weight excluding hydrogens is 195 g/mol. The van der Waals surface area contributed by atoms with Crippen LogP contribution in [0.15, 0.2) is 12.7 Å². The maximum absolute atomic E-state index is 10.8. The summed E-state index contributed by atoms with van der Waals surface area (Å²) in [6.45, 7) is 5.38. The van der Waals surface area contributed by atoms with E-state index in [1.165, 1.54) is 18.8 Å². The quantitative estimate of drug-likeness (QED) is 0.289. The van der Waals surface area contributed by atoms with E-state index in [2.05, 4.69) is 33.0 Å². The van der Waals surface area contributed by atoms with E-state index >= 15 is 0 Å². The van der Waals surface area contributed by atoms with E-state index in [1.54, 1.807) is 0 Å². The zero-order valence-corrected chi connectivity index (χ0v) is 10.5. The highest BCUT2D eigenvalue weighted by molar-refractivity contribution is 7.38. The summed E-state index contributed by atoms with van der Waals surface area (Å²) < 4.78 is 1.02. The molecule has 0 fully saturated rings. The van der Waals surface area contributed by atoms with E-state index in [1.807, 2.05) is 0 Å². The standard InChI is InChI=1S/C10H21N2OP/c1-5-10(13)11-6-8-14-9-7-12(2,3)4/h5,14H,1,6-9H2,2-4H3/p+1. The predicted octanol–water partition coefficient (Wildman–Crippen LogP) is 0.673. The molecular formula is C10H22N2OP+. The SMILES string of the molecule is C=CC(=O)NCCPCC[N+](C)(C)C. The van der Waals surface area contributed by atoms with Gasteiger partial charge in [0.1, 0.15) is 0 Å². The van der Waals surface area contributed by atoms with Gasteiger partial charge in [-0.2, -0.15) is 0 Å². The highest BCUT2D eigenvalue weighted by atomic mass is 31.1. The number of carbonyl (C=O) groups excluding carboxylic acids is 1.